The van der Waals surface area contributed by atoms with Gasteiger partial charge in [-0.2, -0.15) is 5.53 Å². The fraction of sp³-hybridized carbons (Fsp3) is 0.533. The molecule has 15 nitrogen and oxygen atoms in total. The van der Waals surface area contributed by atoms with Gasteiger partial charge in [-0.05, 0) is 50.3 Å². The van der Waals surface area contributed by atoms with Crippen molar-refractivity contribution in [2.75, 3.05) is 56.8 Å². The first-order valence-corrected chi connectivity index (χ1v) is 18.0. The number of rotatable bonds is 15. The summed E-state index contributed by atoms with van der Waals surface area (Å²) >= 11 is 6.38. The third-order valence-electron chi connectivity index (χ3n) is 8.21. The van der Waals surface area contributed by atoms with Crippen molar-refractivity contribution in [2.24, 2.45) is 5.22 Å². The minimum absolute atomic E-state index is 0.0229. The molecule has 3 N–H and O–H groups in total. The van der Waals surface area contributed by atoms with Crippen LogP contribution in [0.15, 0.2) is 42.0 Å². The van der Waals surface area contributed by atoms with Crippen LogP contribution in [0.5, 0.6) is 11.6 Å². The van der Waals surface area contributed by atoms with Gasteiger partial charge in [-0.1, -0.05) is 22.9 Å². The van der Waals surface area contributed by atoms with Crippen molar-refractivity contribution in [3.05, 3.63) is 41.8 Å². The SMILES string of the molecule is C[C@@H](CN(C=N)N=N)Oc1cc(-c2cnc(Nc3cn(C4CCC(N5CCOCC5)CC4)nc3OCCS(C)(=O)=O)nc2)ccc1Cl. The lowest BCUT2D eigenvalue weighted by atomic mass is 9.90. The first-order chi connectivity index (χ1) is 22.6. The number of anilines is 2. The molecule has 254 valence electrons. The van der Waals surface area contributed by atoms with E-state index in [9.17, 15) is 8.42 Å². The smallest absolute Gasteiger partial charge is 0.256 e. The number of nitrogens with zero attached hydrogens (tertiary/aromatic N) is 7. The van der Waals surface area contributed by atoms with Crippen molar-refractivity contribution in [2.45, 2.75) is 50.8 Å². The summed E-state index contributed by atoms with van der Waals surface area (Å²) in [5.74, 6) is 0.935. The molecule has 0 unspecified atom stereocenters. The molecule has 0 radical (unpaired) electrons. The van der Waals surface area contributed by atoms with Gasteiger partial charge in [-0.15, -0.1) is 5.10 Å². The minimum atomic E-state index is -3.21. The van der Waals surface area contributed by atoms with E-state index in [4.69, 9.17) is 41.9 Å². The molecule has 0 spiro atoms. The first kappa shape index (κ1) is 34.5. The number of aromatic nitrogens is 4. The Morgan fingerprint density at radius 3 is 2.53 bits per heavy atom. The van der Waals surface area contributed by atoms with E-state index in [1.54, 1.807) is 31.5 Å². The van der Waals surface area contributed by atoms with Gasteiger partial charge in [0.25, 0.3) is 5.88 Å². The average Bonchev–Trinajstić information content (AvgIpc) is 3.47. The van der Waals surface area contributed by atoms with E-state index in [0.29, 0.717) is 34.3 Å². The second-order valence-corrected chi connectivity index (χ2v) is 14.4. The number of morpholine rings is 1. The van der Waals surface area contributed by atoms with Crippen LogP contribution in [0.4, 0.5) is 11.6 Å². The molecule has 2 aromatic heterocycles. The summed E-state index contributed by atoms with van der Waals surface area (Å²) in [7, 11) is -3.21. The molecule has 1 saturated heterocycles. The maximum absolute atomic E-state index is 11.7. The zero-order valence-electron chi connectivity index (χ0n) is 26.5. The van der Waals surface area contributed by atoms with Gasteiger partial charge < -0.3 is 19.5 Å². The van der Waals surface area contributed by atoms with E-state index in [1.165, 1.54) is 6.26 Å². The maximum atomic E-state index is 11.7. The largest absolute Gasteiger partial charge is 0.487 e. The highest BCUT2D eigenvalue weighted by atomic mass is 35.5. The van der Waals surface area contributed by atoms with Gasteiger partial charge in [0.1, 0.15) is 30.5 Å². The lowest BCUT2D eigenvalue weighted by Gasteiger charge is -2.38. The molecule has 2 aliphatic rings. The zero-order valence-corrected chi connectivity index (χ0v) is 28.1. The van der Waals surface area contributed by atoms with Gasteiger partial charge in [0, 0.05) is 43.3 Å². The number of halogens is 1. The number of ether oxygens (including phenoxy) is 3. The second kappa shape index (κ2) is 15.8. The third-order valence-corrected chi connectivity index (χ3v) is 9.43. The highest BCUT2D eigenvalue weighted by Gasteiger charge is 2.29. The Hall–Kier alpha value is -3.86. The fourth-order valence-corrected chi connectivity index (χ4v) is 6.30. The van der Waals surface area contributed by atoms with E-state index < -0.39 is 15.9 Å². The van der Waals surface area contributed by atoms with E-state index in [1.807, 2.05) is 16.9 Å². The predicted molar refractivity (Wildman–Crippen MR) is 178 cm³/mol. The van der Waals surface area contributed by atoms with Crippen LogP contribution in [0, 0.1) is 10.9 Å². The van der Waals surface area contributed by atoms with Crippen LogP contribution in [-0.4, -0.2) is 108 Å². The van der Waals surface area contributed by atoms with Crippen molar-refractivity contribution < 1.29 is 22.6 Å². The van der Waals surface area contributed by atoms with Crippen molar-refractivity contribution in [3.63, 3.8) is 0 Å². The number of nitrogens with one attached hydrogen (secondary N) is 3. The minimum Gasteiger partial charge on any atom is -0.487 e. The van der Waals surface area contributed by atoms with Crippen molar-refractivity contribution >= 4 is 39.4 Å². The summed E-state index contributed by atoms with van der Waals surface area (Å²) in [6.07, 6.45) is 11.0. The molecule has 1 aliphatic heterocycles. The normalized spacial score (nSPS) is 19.5. The molecule has 17 heteroatoms. The average molecular weight is 689 g/mol. The number of sulfone groups is 1. The highest BCUT2D eigenvalue weighted by Crippen LogP contribution is 2.35. The number of benzene rings is 1. The molecule has 1 aromatic carbocycles. The Labute approximate surface area is 279 Å². The predicted octanol–water partition coefficient (Wildman–Crippen LogP) is 4.60. The molecule has 47 heavy (non-hydrogen) atoms. The molecule has 2 fully saturated rings. The Bertz CT molecular complexity index is 1600. The molecule has 1 aliphatic carbocycles. The lowest BCUT2D eigenvalue weighted by molar-refractivity contribution is 0.00503. The summed E-state index contributed by atoms with van der Waals surface area (Å²) in [5.41, 5.74) is 9.18. The fourth-order valence-electron chi connectivity index (χ4n) is 5.75. The van der Waals surface area contributed by atoms with E-state index >= 15 is 0 Å². The van der Waals surface area contributed by atoms with Gasteiger partial charge in [0.05, 0.1) is 42.8 Å². The Morgan fingerprint density at radius 1 is 1.17 bits per heavy atom. The van der Waals surface area contributed by atoms with E-state index in [0.717, 1.165) is 74.5 Å². The summed E-state index contributed by atoms with van der Waals surface area (Å²) in [5, 5.41) is 20.0. The molecule has 5 rings (SSSR count). The molecule has 1 atom stereocenters. The van der Waals surface area contributed by atoms with Crippen LogP contribution in [0.25, 0.3) is 11.1 Å². The molecule has 1 saturated carbocycles. The molecule has 3 aromatic rings. The van der Waals surface area contributed by atoms with E-state index in [-0.39, 0.29) is 24.9 Å². The second-order valence-electron chi connectivity index (χ2n) is 11.8. The van der Waals surface area contributed by atoms with Gasteiger partial charge in [-0.25, -0.2) is 23.4 Å². The summed E-state index contributed by atoms with van der Waals surface area (Å²) in [6.45, 7) is 5.52. The van der Waals surface area contributed by atoms with E-state index in [2.05, 4.69) is 25.4 Å². The zero-order chi connectivity index (χ0) is 33.4. The van der Waals surface area contributed by atoms with Crippen LogP contribution in [-0.2, 0) is 14.6 Å². The molecular formula is C30H41ClN10O5S. The Morgan fingerprint density at radius 2 is 1.87 bits per heavy atom. The van der Waals surface area contributed by atoms with Crippen molar-refractivity contribution in [1.82, 2.24) is 29.7 Å². The van der Waals surface area contributed by atoms with Crippen LogP contribution < -0.4 is 14.8 Å². The number of hydrogen-bond donors (Lipinski definition) is 3. The lowest BCUT2D eigenvalue weighted by Crippen LogP contribution is -2.45. The summed E-state index contributed by atoms with van der Waals surface area (Å²) in [6, 6.07) is 6.08. The first-order valence-electron chi connectivity index (χ1n) is 15.5. The quantitative estimate of drug-likeness (QED) is 0.0878. The topological polar surface area (TPSA) is 184 Å². The van der Waals surface area contributed by atoms with Gasteiger partial charge in [0.15, 0.2) is 9.84 Å². The molecule has 0 bridgehead atoms. The number of hydrogen-bond acceptors (Lipinski definition) is 13. The summed E-state index contributed by atoms with van der Waals surface area (Å²) < 4.78 is 42.7. The van der Waals surface area contributed by atoms with Crippen molar-refractivity contribution in [1.29, 1.82) is 10.9 Å². The molecule has 3 heterocycles. The van der Waals surface area contributed by atoms with Gasteiger partial charge in [-0.3, -0.25) is 15.0 Å². The van der Waals surface area contributed by atoms with Crippen molar-refractivity contribution in [3.8, 4) is 22.8 Å². The van der Waals surface area contributed by atoms with Crippen LogP contribution in [0.2, 0.25) is 5.02 Å². The highest BCUT2D eigenvalue weighted by molar-refractivity contribution is 7.90. The third kappa shape index (κ3) is 9.59. The standard InChI is InChI=1S/C30H41ClN10O5S/c1-21(18-40(20-32)38-33)46-28-15-22(3-8-26(28)31)23-16-34-30(35-17-23)36-27-19-41(37-29(27)45-13-14-47(2,42)43)25-6-4-24(5-7-25)39-9-11-44-12-10-39/h3,8,15-17,19-21,24-25,32-33H,4-7,9-14,18H2,1-2H3,(H,34,35,36)/t21-,24?,25?/m0/s1. The van der Waals surface area contributed by atoms with Crippen LogP contribution in [0.3, 0.4) is 0 Å². The van der Waals surface area contributed by atoms with Crippen LogP contribution in [0.1, 0.15) is 38.6 Å². The van der Waals surface area contributed by atoms with Gasteiger partial charge in [0.2, 0.25) is 5.95 Å². The molecule has 0 amide bonds. The Balaban J connectivity index is 1.27. The van der Waals surface area contributed by atoms with Crippen LogP contribution >= 0.6 is 11.6 Å². The monoisotopic (exact) mass is 688 g/mol. The maximum Gasteiger partial charge on any atom is 0.256 e. The molecular weight excluding hydrogens is 648 g/mol. The summed E-state index contributed by atoms with van der Waals surface area (Å²) in [4.78, 5) is 11.5. The Kier molecular flexibility index (Phi) is 11.6. The van der Waals surface area contributed by atoms with Gasteiger partial charge >= 0.3 is 0 Å².